The van der Waals surface area contributed by atoms with E-state index in [1.807, 2.05) is 4.90 Å². The normalized spacial score (nSPS) is 13.0. The van der Waals surface area contributed by atoms with Gasteiger partial charge < -0.3 is 19.7 Å². The van der Waals surface area contributed by atoms with Crippen LogP contribution in [0.25, 0.3) is 0 Å². The number of thiophene rings is 1. The first-order chi connectivity index (χ1) is 14.5. The third kappa shape index (κ3) is 3.63. The van der Waals surface area contributed by atoms with Crippen molar-refractivity contribution in [3.63, 3.8) is 0 Å². The highest BCUT2D eigenvalue weighted by molar-refractivity contribution is 7.10. The summed E-state index contributed by atoms with van der Waals surface area (Å²) in [5, 5.41) is 8.89. The minimum atomic E-state index is -0.360. The Labute approximate surface area is 178 Å². The van der Waals surface area contributed by atoms with Gasteiger partial charge in [-0.2, -0.15) is 5.10 Å². The number of rotatable bonds is 5. The molecule has 0 atom stereocenters. The average Bonchev–Trinajstić information content (AvgIpc) is 3.40. The lowest BCUT2D eigenvalue weighted by molar-refractivity contribution is 0.0735. The van der Waals surface area contributed by atoms with Gasteiger partial charge in [-0.15, -0.1) is 11.3 Å². The molecule has 4 rings (SSSR count). The number of methoxy groups -OCH3 is 2. The van der Waals surface area contributed by atoms with E-state index in [0.717, 1.165) is 6.42 Å². The average molecular weight is 426 g/mol. The van der Waals surface area contributed by atoms with Crippen LogP contribution in [0.5, 0.6) is 11.5 Å². The van der Waals surface area contributed by atoms with Crippen LogP contribution in [0.3, 0.4) is 0 Å². The van der Waals surface area contributed by atoms with E-state index in [1.54, 1.807) is 42.8 Å². The number of benzene rings is 1. The Morgan fingerprint density at radius 3 is 2.73 bits per heavy atom. The number of hydrogen-bond donors (Lipinski definition) is 1. The van der Waals surface area contributed by atoms with Gasteiger partial charge in [0.15, 0.2) is 11.5 Å². The predicted octanol–water partition coefficient (Wildman–Crippen LogP) is 2.95. The summed E-state index contributed by atoms with van der Waals surface area (Å²) in [4.78, 5) is 29.1. The molecule has 9 heteroatoms. The first-order valence-electron chi connectivity index (χ1n) is 9.41. The summed E-state index contributed by atoms with van der Waals surface area (Å²) in [6.07, 6.45) is 2.39. The highest BCUT2D eigenvalue weighted by Crippen LogP contribution is 2.37. The molecular formula is C21H22N4O4S. The SMILES string of the molecule is COc1cc(C(=O)N2CCc3sccc3C2)cc(NC(=O)c2ccnn2C)c1OC. The Bertz CT molecular complexity index is 1100. The molecule has 8 nitrogen and oxygen atoms in total. The van der Waals surface area contributed by atoms with E-state index in [9.17, 15) is 9.59 Å². The summed E-state index contributed by atoms with van der Waals surface area (Å²) in [7, 11) is 4.67. The topological polar surface area (TPSA) is 85.7 Å². The van der Waals surface area contributed by atoms with Gasteiger partial charge in [0.05, 0.1) is 19.9 Å². The third-order valence-electron chi connectivity index (χ3n) is 5.12. The Balaban J connectivity index is 1.65. The number of hydrogen-bond acceptors (Lipinski definition) is 6. The molecule has 0 spiro atoms. The number of aryl methyl sites for hydroxylation is 1. The molecule has 0 unspecified atom stereocenters. The number of fused-ring (bicyclic) bond motifs is 1. The first kappa shape index (κ1) is 20.0. The van der Waals surface area contributed by atoms with Crippen molar-refractivity contribution in [2.24, 2.45) is 7.05 Å². The van der Waals surface area contributed by atoms with Crippen LogP contribution in [0.4, 0.5) is 5.69 Å². The van der Waals surface area contributed by atoms with Crippen molar-refractivity contribution >= 4 is 28.8 Å². The van der Waals surface area contributed by atoms with Gasteiger partial charge in [-0.25, -0.2) is 0 Å². The van der Waals surface area contributed by atoms with Gasteiger partial charge in [-0.3, -0.25) is 14.3 Å². The standard InChI is InChI=1S/C21H22N4O4S/c1-24-16(4-7-22-24)20(26)23-15-10-14(11-17(28-2)19(15)29-3)21(27)25-8-5-18-13(12-25)6-9-30-18/h4,6-7,9-11H,5,8,12H2,1-3H3,(H,23,26). The van der Waals surface area contributed by atoms with Crippen LogP contribution >= 0.6 is 11.3 Å². The van der Waals surface area contributed by atoms with Crippen molar-refractivity contribution in [3.05, 3.63) is 57.5 Å². The number of anilines is 1. The Morgan fingerprint density at radius 2 is 2.03 bits per heavy atom. The van der Waals surface area contributed by atoms with Gasteiger partial charge in [0.1, 0.15) is 5.69 Å². The van der Waals surface area contributed by atoms with Crippen LogP contribution in [0.2, 0.25) is 0 Å². The number of nitrogens with zero attached hydrogens (tertiary/aromatic N) is 3. The third-order valence-corrected chi connectivity index (χ3v) is 6.15. The van der Waals surface area contributed by atoms with Crippen LogP contribution in [-0.4, -0.2) is 47.3 Å². The monoisotopic (exact) mass is 426 g/mol. The molecule has 0 saturated heterocycles. The molecule has 2 aromatic heterocycles. The molecule has 3 aromatic rings. The largest absolute Gasteiger partial charge is 0.493 e. The van der Waals surface area contributed by atoms with E-state index < -0.39 is 0 Å². The van der Waals surface area contributed by atoms with Gasteiger partial charge in [-0.1, -0.05) is 0 Å². The van der Waals surface area contributed by atoms with Crippen LogP contribution in [0.1, 0.15) is 31.3 Å². The van der Waals surface area contributed by atoms with E-state index in [2.05, 4.69) is 21.9 Å². The molecule has 0 bridgehead atoms. The van der Waals surface area contributed by atoms with Gasteiger partial charge in [0.2, 0.25) is 0 Å². The maximum absolute atomic E-state index is 13.2. The molecule has 0 aliphatic carbocycles. The highest BCUT2D eigenvalue weighted by Gasteiger charge is 2.25. The number of carbonyl (C=O) groups excluding carboxylic acids is 2. The van der Waals surface area contributed by atoms with Crippen molar-refractivity contribution in [1.82, 2.24) is 14.7 Å². The van der Waals surface area contributed by atoms with Crippen molar-refractivity contribution in [2.45, 2.75) is 13.0 Å². The smallest absolute Gasteiger partial charge is 0.274 e. The molecule has 1 aliphatic rings. The number of aromatic nitrogens is 2. The minimum Gasteiger partial charge on any atom is -0.493 e. The van der Waals surface area contributed by atoms with Gasteiger partial charge >= 0.3 is 0 Å². The minimum absolute atomic E-state index is 0.121. The van der Waals surface area contributed by atoms with Crippen molar-refractivity contribution < 1.29 is 19.1 Å². The summed E-state index contributed by atoms with van der Waals surface area (Å²) in [5.41, 5.74) is 2.35. The molecule has 2 amide bonds. The number of ether oxygens (including phenoxy) is 2. The van der Waals surface area contributed by atoms with E-state index >= 15 is 0 Å². The fourth-order valence-corrected chi connectivity index (χ4v) is 4.46. The number of nitrogens with one attached hydrogen (secondary N) is 1. The molecule has 1 aliphatic heterocycles. The Morgan fingerprint density at radius 1 is 1.20 bits per heavy atom. The molecule has 0 fully saturated rings. The number of carbonyl (C=O) groups is 2. The molecule has 0 radical (unpaired) electrons. The zero-order chi connectivity index (χ0) is 21.3. The van der Waals surface area contributed by atoms with E-state index in [-0.39, 0.29) is 11.8 Å². The highest BCUT2D eigenvalue weighted by atomic mass is 32.1. The van der Waals surface area contributed by atoms with Crippen molar-refractivity contribution in [2.75, 3.05) is 26.1 Å². The molecule has 1 aromatic carbocycles. The molecule has 30 heavy (non-hydrogen) atoms. The first-order valence-corrected chi connectivity index (χ1v) is 10.3. The van der Waals surface area contributed by atoms with Gasteiger partial charge in [0.25, 0.3) is 11.8 Å². The summed E-state index contributed by atoms with van der Waals surface area (Å²) < 4.78 is 12.4. The zero-order valence-corrected chi connectivity index (χ0v) is 17.8. The van der Waals surface area contributed by atoms with E-state index in [4.69, 9.17) is 9.47 Å². The van der Waals surface area contributed by atoms with E-state index in [0.29, 0.717) is 41.5 Å². The molecular weight excluding hydrogens is 404 g/mol. The predicted molar refractivity (Wildman–Crippen MR) is 113 cm³/mol. The second-order valence-electron chi connectivity index (χ2n) is 6.90. The maximum atomic E-state index is 13.2. The van der Waals surface area contributed by atoms with E-state index in [1.165, 1.54) is 29.3 Å². The summed E-state index contributed by atoms with van der Waals surface area (Å²) in [6, 6.07) is 6.94. The molecule has 1 N–H and O–H groups in total. The summed E-state index contributed by atoms with van der Waals surface area (Å²) in [5.74, 6) is 0.241. The Kier molecular flexibility index (Phi) is 5.45. The van der Waals surface area contributed by atoms with Gasteiger partial charge in [0, 0.05) is 36.8 Å². The number of amides is 2. The van der Waals surface area contributed by atoms with Gasteiger partial charge in [-0.05, 0) is 41.6 Å². The molecule has 0 saturated carbocycles. The quantitative estimate of drug-likeness (QED) is 0.678. The fraction of sp³-hybridized carbons (Fsp3) is 0.286. The lowest BCUT2D eigenvalue weighted by Gasteiger charge is -2.27. The summed E-state index contributed by atoms with van der Waals surface area (Å²) in [6.45, 7) is 1.22. The summed E-state index contributed by atoms with van der Waals surface area (Å²) >= 11 is 1.73. The van der Waals surface area contributed by atoms with Crippen LogP contribution in [0, 0.1) is 0 Å². The molecule has 156 valence electrons. The second kappa shape index (κ2) is 8.19. The molecule has 3 heterocycles. The second-order valence-corrected chi connectivity index (χ2v) is 7.90. The Hall–Kier alpha value is -3.33. The van der Waals surface area contributed by atoms with Crippen LogP contribution in [0.15, 0.2) is 35.8 Å². The van der Waals surface area contributed by atoms with Crippen molar-refractivity contribution in [3.8, 4) is 11.5 Å². The zero-order valence-electron chi connectivity index (χ0n) is 17.0. The van der Waals surface area contributed by atoms with Crippen LogP contribution < -0.4 is 14.8 Å². The fourth-order valence-electron chi connectivity index (χ4n) is 3.57. The lowest BCUT2D eigenvalue weighted by atomic mass is 10.1. The lowest BCUT2D eigenvalue weighted by Crippen LogP contribution is -2.35. The van der Waals surface area contributed by atoms with Crippen LogP contribution in [-0.2, 0) is 20.0 Å². The van der Waals surface area contributed by atoms with Crippen molar-refractivity contribution in [1.29, 1.82) is 0 Å². The maximum Gasteiger partial charge on any atom is 0.274 e.